The maximum absolute atomic E-state index is 12.9. The second-order valence-corrected chi connectivity index (χ2v) is 25.5. The van der Waals surface area contributed by atoms with Gasteiger partial charge in [0, 0.05) is 12.8 Å². The smallest absolute Gasteiger partial charge is 0.306 e. The van der Waals surface area contributed by atoms with Crippen LogP contribution in [-0.2, 0) is 32.7 Å². The molecular formula is C84H130NO8P. The van der Waals surface area contributed by atoms with Gasteiger partial charge in [-0.2, -0.15) is 0 Å². The lowest BCUT2D eigenvalue weighted by Crippen LogP contribution is -2.37. The van der Waals surface area contributed by atoms with E-state index in [1.54, 1.807) is 0 Å². The summed E-state index contributed by atoms with van der Waals surface area (Å²) in [6, 6.07) is 0. The molecule has 0 saturated heterocycles. The molecule has 0 amide bonds. The summed E-state index contributed by atoms with van der Waals surface area (Å²) in [5.41, 5.74) is 0. The van der Waals surface area contributed by atoms with Crippen LogP contribution in [-0.4, -0.2) is 70.0 Å². The zero-order chi connectivity index (χ0) is 68.3. The number of carbonyl (C=O) groups excluding carboxylic acids is 2. The van der Waals surface area contributed by atoms with Gasteiger partial charge in [-0.1, -0.05) is 290 Å². The van der Waals surface area contributed by atoms with Crippen molar-refractivity contribution in [3.63, 3.8) is 0 Å². The van der Waals surface area contributed by atoms with Crippen LogP contribution < -0.4 is 4.89 Å². The molecular weight excluding hydrogens is 1180 g/mol. The van der Waals surface area contributed by atoms with Crippen molar-refractivity contribution in [2.75, 3.05) is 47.5 Å². The van der Waals surface area contributed by atoms with E-state index in [-0.39, 0.29) is 26.1 Å². The van der Waals surface area contributed by atoms with Crippen molar-refractivity contribution < 1.29 is 42.1 Å². The average molecular weight is 1310 g/mol. The summed E-state index contributed by atoms with van der Waals surface area (Å²) >= 11 is 0. The fourth-order valence-corrected chi connectivity index (χ4v) is 9.46. The van der Waals surface area contributed by atoms with Gasteiger partial charge in [0.1, 0.15) is 19.8 Å². The quantitative estimate of drug-likeness (QED) is 0.0195. The van der Waals surface area contributed by atoms with Crippen LogP contribution in [0.1, 0.15) is 232 Å². The number of esters is 2. The number of phosphoric acid groups is 1. The van der Waals surface area contributed by atoms with E-state index in [4.69, 9.17) is 18.5 Å². The van der Waals surface area contributed by atoms with Gasteiger partial charge >= 0.3 is 11.9 Å². The van der Waals surface area contributed by atoms with Gasteiger partial charge in [-0.3, -0.25) is 14.2 Å². The molecule has 9 nitrogen and oxygen atoms in total. The summed E-state index contributed by atoms with van der Waals surface area (Å²) in [6.45, 7) is 3.93. The zero-order valence-electron chi connectivity index (χ0n) is 59.5. The minimum Gasteiger partial charge on any atom is -0.756 e. The van der Waals surface area contributed by atoms with Crippen LogP contribution in [0.2, 0.25) is 0 Å². The second-order valence-electron chi connectivity index (χ2n) is 24.1. The van der Waals surface area contributed by atoms with Crippen LogP contribution in [0.25, 0.3) is 0 Å². The highest BCUT2D eigenvalue weighted by Gasteiger charge is 2.22. The van der Waals surface area contributed by atoms with Crippen LogP contribution in [0.3, 0.4) is 0 Å². The summed E-state index contributed by atoms with van der Waals surface area (Å²) in [6.07, 6.45) is 115. The number of carbonyl (C=O) groups is 2. The molecule has 2 atom stereocenters. The minimum atomic E-state index is -4.67. The number of phosphoric ester groups is 1. The number of ether oxygens (including phenoxy) is 2. The largest absolute Gasteiger partial charge is 0.756 e. The van der Waals surface area contributed by atoms with E-state index >= 15 is 0 Å². The lowest BCUT2D eigenvalue weighted by Gasteiger charge is -2.28. The predicted octanol–water partition coefficient (Wildman–Crippen LogP) is 23.5. The molecule has 0 aromatic carbocycles. The Morgan fingerprint density at radius 2 is 0.574 bits per heavy atom. The van der Waals surface area contributed by atoms with Gasteiger partial charge in [-0.15, -0.1) is 0 Å². The van der Waals surface area contributed by atoms with Gasteiger partial charge in [0.25, 0.3) is 7.82 Å². The van der Waals surface area contributed by atoms with Crippen LogP contribution in [0.5, 0.6) is 0 Å². The molecule has 2 unspecified atom stereocenters. The third-order valence-corrected chi connectivity index (χ3v) is 15.1. The lowest BCUT2D eigenvalue weighted by molar-refractivity contribution is -0.870. The Hall–Kier alpha value is -5.93. The Balaban J connectivity index is 4.22. The van der Waals surface area contributed by atoms with Gasteiger partial charge in [-0.25, -0.2) is 0 Å². The van der Waals surface area contributed by atoms with Gasteiger partial charge in [-0.05, 0) is 161 Å². The van der Waals surface area contributed by atoms with Crippen LogP contribution >= 0.6 is 7.82 Å². The first-order valence-electron chi connectivity index (χ1n) is 36.1. The number of hydrogen-bond donors (Lipinski definition) is 0. The third kappa shape index (κ3) is 75.1. The number of rotatable bonds is 63. The molecule has 0 radical (unpaired) electrons. The predicted molar refractivity (Wildman–Crippen MR) is 405 cm³/mol. The molecule has 0 aliphatic carbocycles. The maximum atomic E-state index is 12.9. The Morgan fingerprint density at radius 3 is 0.851 bits per heavy atom. The normalized spacial score (nSPS) is 14.5. The molecule has 0 fully saturated rings. The minimum absolute atomic E-state index is 0.0511. The molecule has 0 spiro atoms. The number of likely N-dealkylation sites (N-methyl/N-ethyl adjacent to an activating group) is 1. The second kappa shape index (κ2) is 71.4. The van der Waals surface area contributed by atoms with Crippen molar-refractivity contribution >= 4 is 19.8 Å². The topological polar surface area (TPSA) is 111 Å². The summed E-state index contributed by atoms with van der Waals surface area (Å²) < 4.78 is 34.3. The zero-order valence-corrected chi connectivity index (χ0v) is 60.4. The third-order valence-electron chi connectivity index (χ3n) is 14.2. The highest BCUT2D eigenvalue weighted by molar-refractivity contribution is 7.45. The SMILES string of the molecule is CC/C=C\C/C=C\C/C=C\C/C=C\C/C=C\C/C=C\C/C=C\C/C=C\C/C=C\C/C=C\C/C=C\CCCCCCCCCC(=O)OC(COC(=O)CCCCCC/C=C\C/C=C\C/C=C\C/C=C\C/C=C\C/C=C\C/C=C\C/C=C\CC)COP(=O)([O-])OCC[N+](C)(C)C. The molecule has 0 saturated carbocycles. The first kappa shape index (κ1) is 88.1. The monoisotopic (exact) mass is 1310 g/mol. The maximum Gasteiger partial charge on any atom is 0.306 e. The molecule has 0 aliphatic rings. The molecule has 0 aromatic rings. The average Bonchev–Trinajstić information content (AvgIpc) is 1.57. The standard InChI is InChI=1S/C84H130NO8P/c1-6-8-10-12-14-16-18-20-22-24-26-28-30-32-34-36-37-38-39-40-41-42-43-44-45-46-47-49-51-53-55-57-59-61-63-65-67-69-71-73-75-77-84(87)93-82(81-92-94(88,89)91-79-78-85(3,4)5)80-90-83(86)76-74-72-70-68-66-64-62-60-58-56-54-52-50-48-35-33-31-29-27-25-23-21-19-17-15-13-11-9-7-2/h8-11,14-17,20-23,26-29,32-35,37-38,40-41,43-44,46-47,50-53,56-59,62,64,82H,6-7,12-13,18-19,24-25,30-31,36,39,42,45,48-49,54-55,60-61,63,65-81H2,1-5H3/b10-8-,11-9-,16-14-,17-15-,22-20-,23-21-,28-26-,29-27-,34-32-,35-33-,38-37-,41-40-,44-43-,47-46-,52-50-,53-51-,58-56-,59-57-,64-62-. The number of nitrogens with zero attached hydrogens (tertiary/aromatic N) is 1. The fraction of sp³-hybridized carbons (Fsp3) is 0.524. The highest BCUT2D eigenvalue weighted by atomic mass is 31.2. The molecule has 0 rings (SSSR count). The van der Waals surface area contributed by atoms with E-state index < -0.39 is 32.5 Å². The fourth-order valence-electron chi connectivity index (χ4n) is 8.73. The van der Waals surface area contributed by atoms with E-state index in [1.165, 1.54) is 6.42 Å². The van der Waals surface area contributed by atoms with Crippen molar-refractivity contribution in [2.24, 2.45) is 0 Å². The number of hydrogen-bond acceptors (Lipinski definition) is 8. The molecule has 0 bridgehead atoms. The summed E-state index contributed by atoms with van der Waals surface area (Å²) in [7, 11) is 1.11. The lowest BCUT2D eigenvalue weighted by atomic mass is 10.1. The van der Waals surface area contributed by atoms with E-state index in [9.17, 15) is 19.0 Å². The molecule has 10 heteroatoms. The van der Waals surface area contributed by atoms with Crippen molar-refractivity contribution in [1.82, 2.24) is 0 Å². The Labute approximate surface area is 575 Å². The first-order valence-corrected chi connectivity index (χ1v) is 37.6. The van der Waals surface area contributed by atoms with Gasteiger partial charge in [0.05, 0.1) is 27.7 Å². The van der Waals surface area contributed by atoms with Crippen molar-refractivity contribution in [1.29, 1.82) is 0 Å². The van der Waals surface area contributed by atoms with Crippen molar-refractivity contribution in [2.45, 2.75) is 238 Å². The van der Waals surface area contributed by atoms with E-state index in [2.05, 4.69) is 245 Å². The van der Waals surface area contributed by atoms with Crippen LogP contribution in [0.15, 0.2) is 231 Å². The van der Waals surface area contributed by atoms with Gasteiger partial charge in [0.2, 0.25) is 0 Å². The van der Waals surface area contributed by atoms with E-state index in [1.807, 2.05) is 21.1 Å². The van der Waals surface area contributed by atoms with Crippen LogP contribution in [0, 0.1) is 0 Å². The van der Waals surface area contributed by atoms with Crippen molar-refractivity contribution in [3.8, 4) is 0 Å². The van der Waals surface area contributed by atoms with Gasteiger partial charge < -0.3 is 27.9 Å². The molecule has 524 valence electrons. The Morgan fingerprint density at radius 1 is 0.330 bits per heavy atom. The summed E-state index contributed by atoms with van der Waals surface area (Å²) in [5.74, 6) is -0.895. The summed E-state index contributed by atoms with van der Waals surface area (Å²) in [4.78, 5) is 38.1. The molecule has 0 N–H and O–H groups in total. The molecule has 0 aromatic heterocycles. The number of allylic oxidation sites excluding steroid dienone is 38. The molecule has 0 aliphatic heterocycles. The number of quaternary nitrogens is 1. The van der Waals surface area contributed by atoms with E-state index in [0.717, 1.165) is 186 Å². The Kier molecular flexibility index (Phi) is 66.9. The first-order chi connectivity index (χ1) is 46.0. The Bertz CT molecular complexity index is 2440. The van der Waals surface area contributed by atoms with Gasteiger partial charge in [0.15, 0.2) is 6.10 Å². The highest BCUT2D eigenvalue weighted by Crippen LogP contribution is 2.38. The molecule has 94 heavy (non-hydrogen) atoms. The van der Waals surface area contributed by atoms with Crippen LogP contribution in [0.4, 0.5) is 0 Å². The number of unbranched alkanes of at least 4 members (excludes halogenated alkanes) is 11. The molecule has 0 heterocycles. The summed E-state index contributed by atoms with van der Waals surface area (Å²) in [5, 5.41) is 0. The van der Waals surface area contributed by atoms with E-state index in [0.29, 0.717) is 23.9 Å². The van der Waals surface area contributed by atoms with Crippen molar-refractivity contribution in [3.05, 3.63) is 231 Å².